The average molecular weight is 287 g/mol. The molecule has 3 aromatic rings. The topological polar surface area (TPSA) is 32.9 Å². The molecule has 0 amide bonds. The van der Waals surface area contributed by atoms with Crippen LogP contribution in [-0.2, 0) is 6.42 Å². The van der Waals surface area contributed by atoms with Crippen molar-refractivity contribution >= 4 is 22.8 Å². The van der Waals surface area contributed by atoms with Crippen molar-refractivity contribution in [2.24, 2.45) is 0 Å². The fourth-order valence-electron chi connectivity index (χ4n) is 3.20. The smallest absolute Gasteiger partial charge is 0.209 e. The summed E-state index contributed by atoms with van der Waals surface area (Å²) in [5.41, 5.74) is 7.15. The summed E-state index contributed by atoms with van der Waals surface area (Å²) in [6, 6.07) is 12.2. The van der Waals surface area contributed by atoms with Gasteiger partial charge in [0, 0.05) is 16.5 Å². The van der Waals surface area contributed by atoms with Crippen LogP contribution in [0.5, 0.6) is 0 Å². The number of nitrogens with one attached hydrogen (secondary N) is 1. The predicted molar refractivity (Wildman–Crippen MR) is 90.4 cm³/mol. The molecule has 1 N–H and O–H groups in total. The van der Waals surface area contributed by atoms with Crippen LogP contribution >= 0.6 is 0 Å². The Morgan fingerprint density at radius 2 is 1.95 bits per heavy atom. The van der Waals surface area contributed by atoms with Crippen molar-refractivity contribution in [2.75, 3.05) is 0 Å². The molecule has 0 unspecified atom stereocenters. The van der Waals surface area contributed by atoms with E-state index >= 15 is 0 Å². The quantitative estimate of drug-likeness (QED) is 0.687. The zero-order valence-corrected chi connectivity index (χ0v) is 12.7. The minimum absolute atomic E-state index is 0.0643. The maximum Gasteiger partial charge on any atom is 0.209 e. The highest BCUT2D eigenvalue weighted by molar-refractivity contribution is 6.12. The number of ketones is 1. The second-order valence-electron chi connectivity index (χ2n) is 6.02. The number of carbonyl (C=O) groups is 1. The van der Waals surface area contributed by atoms with Gasteiger partial charge in [-0.3, -0.25) is 4.79 Å². The van der Waals surface area contributed by atoms with Gasteiger partial charge in [0.1, 0.15) is 0 Å². The number of hydrogen-bond donors (Lipinski definition) is 1. The predicted octanol–water partition coefficient (Wildman–Crippen LogP) is 4.59. The van der Waals surface area contributed by atoms with Gasteiger partial charge in [0.15, 0.2) is 0 Å². The molecule has 0 spiro atoms. The van der Waals surface area contributed by atoms with Crippen molar-refractivity contribution in [3.05, 3.63) is 76.0 Å². The lowest BCUT2D eigenvalue weighted by molar-refractivity contribution is 0.103. The molecule has 2 heteroatoms. The van der Waals surface area contributed by atoms with Crippen molar-refractivity contribution < 1.29 is 4.79 Å². The Hall–Kier alpha value is -2.61. The lowest BCUT2D eigenvalue weighted by atomic mass is 10.00. The molecular weight excluding hydrogens is 270 g/mol. The maximum atomic E-state index is 12.9. The first-order valence-electron chi connectivity index (χ1n) is 7.56. The molecule has 0 radical (unpaired) electrons. The molecule has 1 aromatic heterocycles. The molecule has 22 heavy (non-hydrogen) atoms. The summed E-state index contributed by atoms with van der Waals surface area (Å²) in [6.45, 7) is 4.08. The van der Waals surface area contributed by atoms with E-state index in [1.54, 1.807) is 0 Å². The number of allylic oxidation sites excluding steroid dienone is 1. The highest BCUT2D eigenvalue weighted by Gasteiger charge is 2.18. The molecule has 0 saturated carbocycles. The van der Waals surface area contributed by atoms with E-state index in [4.69, 9.17) is 0 Å². The Bertz CT molecular complexity index is 944. The van der Waals surface area contributed by atoms with Gasteiger partial charge >= 0.3 is 0 Å². The van der Waals surface area contributed by atoms with Gasteiger partial charge in [0.25, 0.3) is 0 Å². The number of benzene rings is 2. The number of rotatable bonds is 2. The summed E-state index contributed by atoms with van der Waals surface area (Å²) in [4.78, 5) is 16.2. The van der Waals surface area contributed by atoms with E-state index in [-0.39, 0.29) is 5.78 Å². The van der Waals surface area contributed by atoms with Crippen LogP contribution in [0.1, 0.15) is 38.3 Å². The molecule has 1 heterocycles. The summed E-state index contributed by atoms with van der Waals surface area (Å²) in [6.07, 6.45) is 5.19. The van der Waals surface area contributed by atoms with Crippen molar-refractivity contribution in [3.63, 3.8) is 0 Å². The molecule has 0 bridgehead atoms. The average Bonchev–Trinajstić information content (AvgIpc) is 3.11. The van der Waals surface area contributed by atoms with Gasteiger partial charge in [-0.25, -0.2) is 0 Å². The Morgan fingerprint density at radius 1 is 1.09 bits per heavy atom. The third-order valence-corrected chi connectivity index (χ3v) is 4.48. The number of fused-ring (bicyclic) bond motifs is 2. The third kappa shape index (κ3) is 1.92. The summed E-state index contributed by atoms with van der Waals surface area (Å²) in [7, 11) is 0. The van der Waals surface area contributed by atoms with Gasteiger partial charge in [-0.15, -0.1) is 0 Å². The molecular formula is C20H17NO. The minimum Gasteiger partial charge on any atom is -0.352 e. The lowest BCUT2D eigenvalue weighted by Crippen LogP contribution is -2.04. The highest BCUT2D eigenvalue weighted by atomic mass is 16.1. The molecule has 2 aromatic carbocycles. The molecule has 1 aliphatic carbocycles. The van der Waals surface area contributed by atoms with E-state index in [1.807, 2.05) is 25.1 Å². The number of hydrogen-bond acceptors (Lipinski definition) is 1. The number of aryl methyl sites for hydroxylation is 2. The van der Waals surface area contributed by atoms with E-state index in [9.17, 15) is 4.79 Å². The molecule has 1 aliphatic rings. The number of aromatic nitrogens is 1. The minimum atomic E-state index is 0.0643. The highest BCUT2D eigenvalue weighted by Crippen LogP contribution is 2.26. The first-order valence-corrected chi connectivity index (χ1v) is 7.56. The van der Waals surface area contributed by atoms with Gasteiger partial charge in [-0.2, -0.15) is 0 Å². The fraction of sp³-hybridized carbons (Fsp3) is 0.150. The van der Waals surface area contributed by atoms with Crippen LogP contribution in [0.15, 0.2) is 42.5 Å². The zero-order valence-electron chi connectivity index (χ0n) is 12.7. The Labute approximate surface area is 129 Å². The SMILES string of the molecule is Cc1ccc2[nH]c(C(=O)c3ccc4c(c3)C=CC4)c(C)c2c1. The number of aromatic amines is 1. The number of carbonyl (C=O) groups excluding carboxylic acids is 1. The van der Waals surface area contributed by atoms with Gasteiger partial charge in [-0.05, 0) is 55.2 Å². The van der Waals surface area contributed by atoms with Crippen molar-refractivity contribution in [1.82, 2.24) is 4.98 Å². The van der Waals surface area contributed by atoms with Crippen LogP contribution in [-0.4, -0.2) is 10.8 Å². The molecule has 0 fully saturated rings. The third-order valence-electron chi connectivity index (χ3n) is 4.48. The molecule has 0 saturated heterocycles. The summed E-state index contributed by atoms with van der Waals surface area (Å²) in [5, 5.41) is 1.13. The Kier molecular flexibility index (Phi) is 2.80. The van der Waals surface area contributed by atoms with Crippen molar-refractivity contribution in [1.29, 1.82) is 0 Å². The summed E-state index contributed by atoms with van der Waals surface area (Å²) in [5.74, 6) is 0.0643. The van der Waals surface area contributed by atoms with Crippen LogP contribution in [0.25, 0.3) is 17.0 Å². The van der Waals surface area contributed by atoms with Crippen molar-refractivity contribution in [3.8, 4) is 0 Å². The summed E-state index contributed by atoms with van der Waals surface area (Å²) >= 11 is 0. The standard InChI is InChI=1S/C20H17NO/c1-12-6-9-18-17(10-12)13(2)19(21-18)20(22)16-8-7-14-4-3-5-15(14)11-16/h3,5-11,21H,4H2,1-2H3. The van der Waals surface area contributed by atoms with Crippen LogP contribution in [0.2, 0.25) is 0 Å². The molecule has 108 valence electrons. The van der Waals surface area contributed by atoms with Gasteiger partial charge in [0.05, 0.1) is 5.69 Å². The lowest BCUT2D eigenvalue weighted by Gasteiger charge is -2.04. The molecule has 2 nitrogen and oxygen atoms in total. The van der Waals surface area contributed by atoms with Gasteiger partial charge in [-0.1, -0.05) is 35.9 Å². The Balaban J connectivity index is 1.83. The van der Waals surface area contributed by atoms with Crippen LogP contribution in [0.3, 0.4) is 0 Å². The summed E-state index contributed by atoms with van der Waals surface area (Å²) < 4.78 is 0. The maximum absolute atomic E-state index is 12.9. The van der Waals surface area contributed by atoms with Gasteiger partial charge in [0.2, 0.25) is 5.78 Å². The second-order valence-corrected chi connectivity index (χ2v) is 6.02. The molecule has 0 atom stereocenters. The largest absolute Gasteiger partial charge is 0.352 e. The van der Waals surface area contributed by atoms with E-state index in [2.05, 4.69) is 42.3 Å². The zero-order chi connectivity index (χ0) is 15.3. The van der Waals surface area contributed by atoms with E-state index < -0.39 is 0 Å². The molecule has 4 rings (SSSR count). The van der Waals surface area contributed by atoms with Crippen LogP contribution in [0.4, 0.5) is 0 Å². The number of H-pyrrole nitrogens is 1. The normalized spacial score (nSPS) is 12.8. The van der Waals surface area contributed by atoms with Crippen LogP contribution in [0, 0.1) is 13.8 Å². The van der Waals surface area contributed by atoms with Gasteiger partial charge < -0.3 is 4.98 Å². The first-order chi connectivity index (χ1) is 10.6. The van der Waals surface area contributed by atoms with E-state index in [1.165, 1.54) is 11.1 Å². The van der Waals surface area contributed by atoms with Crippen LogP contribution < -0.4 is 0 Å². The first kappa shape index (κ1) is 13.1. The monoisotopic (exact) mass is 287 g/mol. The fourth-order valence-corrected chi connectivity index (χ4v) is 3.20. The second kappa shape index (κ2) is 4.70. The van der Waals surface area contributed by atoms with E-state index in [0.29, 0.717) is 5.69 Å². The Morgan fingerprint density at radius 3 is 2.82 bits per heavy atom. The van der Waals surface area contributed by atoms with Crippen molar-refractivity contribution in [2.45, 2.75) is 20.3 Å². The molecule has 0 aliphatic heterocycles. The van der Waals surface area contributed by atoms with E-state index in [0.717, 1.165) is 34.0 Å².